The topological polar surface area (TPSA) is 62.2 Å². The van der Waals surface area contributed by atoms with Crippen LogP contribution in [0.1, 0.15) is 11.1 Å². The molecule has 0 saturated heterocycles. The summed E-state index contributed by atoms with van der Waals surface area (Å²) in [5.74, 6) is -0.502. The van der Waals surface area contributed by atoms with E-state index in [1.165, 1.54) is 12.1 Å². The van der Waals surface area contributed by atoms with E-state index in [1.807, 2.05) is 30.3 Å². The second-order valence-corrected chi connectivity index (χ2v) is 4.87. The molecule has 0 radical (unpaired) electrons. The van der Waals surface area contributed by atoms with Gasteiger partial charge in [-0.15, -0.1) is 0 Å². The number of nitrogens with zero attached hydrogens (tertiary/aromatic N) is 2. The molecule has 2 aromatic carbocycles. The summed E-state index contributed by atoms with van der Waals surface area (Å²) in [5, 5.41) is 8.73. The third kappa shape index (κ3) is 3.74. The van der Waals surface area contributed by atoms with Gasteiger partial charge >= 0.3 is 0 Å². The maximum atomic E-state index is 13.6. The van der Waals surface area contributed by atoms with Crippen molar-refractivity contribution in [2.45, 2.75) is 12.5 Å². The van der Waals surface area contributed by atoms with Gasteiger partial charge in [0.15, 0.2) is 0 Å². The van der Waals surface area contributed by atoms with Crippen molar-refractivity contribution in [3.05, 3.63) is 59.4 Å². The lowest BCUT2D eigenvalue weighted by molar-refractivity contribution is 0.624. The van der Waals surface area contributed by atoms with E-state index >= 15 is 0 Å². The molecule has 1 atom stereocenters. The first kappa shape index (κ1) is 14.9. The van der Waals surface area contributed by atoms with Gasteiger partial charge in [-0.25, -0.2) is 4.39 Å². The molecule has 0 saturated carbocycles. The zero-order valence-electron chi connectivity index (χ0n) is 11.6. The van der Waals surface area contributed by atoms with Gasteiger partial charge in [-0.3, -0.25) is 4.99 Å². The highest BCUT2D eigenvalue weighted by Gasteiger charge is 2.06. The maximum Gasteiger partial charge on any atom is 0.141 e. The molecule has 2 aromatic rings. The number of nitriles is 1. The Balaban J connectivity index is 2.17. The third-order valence-electron chi connectivity index (χ3n) is 3.24. The number of hydrogen-bond donors (Lipinski definition) is 1. The predicted molar refractivity (Wildman–Crippen MR) is 82.6 cm³/mol. The Kier molecular flexibility index (Phi) is 4.81. The molecule has 0 fully saturated rings. The van der Waals surface area contributed by atoms with Crippen LogP contribution in [0.4, 0.5) is 4.39 Å². The molecule has 0 spiro atoms. The van der Waals surface area contributed by atoms with Gasteiger partial charge in [0.25, 0.3) is 0 Å². The van der Waals surface area contributed by atoms with E-state index < -0.39 is 5.82 Å². The van der Waals surface area contributed by atoms with E-state index in [1.54, 1.807) is 6.07 Å². The minimum absolute atomic E-state index is 0.0410. The molecular formula is C17H16FN3. The molecule has 0 amide bonds. The number of hydrogen-bond acceptors (Lipinski definition) is 3. The molecule has 0 aliphatic rings. The van der Waals surface area contributed by atoms with Crippen molar-refractivity contribution >= 4 is 6.72 Å². The predicted octanol–water partition coefficient (Wildman–Crippen LogP) is 2.93. The molecule has 2 rings (SSSR count). The second-order valence-electron chi connectivity index (χ2n) is 4.87. The summed E-state index contributed by atoms with van der Waals surface area (Å²) < 4.78 is 13.6. The van der Waals surface area contributed by atoms with Crippen LogP contribution < -0.4 is 5.73 Å². The maximum absolute atomic E-state index is 13.6. The minimum Gasteiger partial charge on any atom is -0.326 e. The highest BCUT2D eigenvalue weighted by atomic mass is 19.1. The number of aliphatic imine (C=N–C) groups is 1. The normalized spacial score (nSPS) is 11.7. The van der Waals surface area contributed by atoms with Gasteiger partial charge < -0.3 is 5.73 Å². The van der Waals surface area contributed by atoms with E-state index in [4.69, 9.17) is 11.0 Å². The smallest absolute Gasteiger partial charge is 0.141 e. The van der Waals surface area contributed by atoms with E-state index in [0.717, 1.165) is 23.1 Å². The molecule has 21 heavy (non-hydrogen) atoms. The molecule has 0 aliphatic heterocycles. The van der Waals surface area contributed by atoms with Gasteiger partial charge in [-0.05, 0) is 42.0 Å². The molecule has 0 aromatic heterocycles. The molecule has 4 heteroatoms. The van der Waals surface area contributed by atoms with Crippen molar-refractivity contribution in [3.63, 3.8) is 0 Å². The van der Waals surface area contributed by atoms with Crippen molar-refractivity contribution in [2.75, 3.05) is 6.54 Å². The van der Waals surface area contributed by atoms with Crippen LogP contribution in [0.15, 0.2) is 47.5 Å². The van der Waals surface area contributed by atoms with Gasteiger partial charge in [0.05, 0.1) is 12.1 Å². The van der Waals surface area contributed by atoms with Crippen LogP contribution in [-0.4, -0.2) is 19.3 Å². The lowest BCUT2D eigenvalue weighted by Gasteiger charge is -2.09. The molecule has 2 N–H and O–H groups in total. The molecule has 0 unspecified atom stereocenters. The highest BCUT2D eigenvalue weighted by Crippen LogP contribution is 2.22. The lowest BCUT2D eigenvalue weighted by atomic mass is 10.00. The average Bonchev–Trinajstić information content (AvgIpc) is 2.48. The molecule has 0 aliphatic carbocycles. The molecule has 0 bridgehead atoms. The number of nitrogens with two attached hydrogens (primary N) is 1. The quantitative estimate of drug-likeness (QED) is 0.856. The van der Waals surface area contributed by atoms with Gasteiger partial charge in [0.2, 0.25) is 0 Å². The van der Waals surface area contributed by atoms with Crippen LogP contribution in [-0.2, 0) is 6.42 Å². The molecule has 3 nitrogen and oxygen atoms in total. The summed E-state index contributed by atoms with van der Waals surface area (Å²) in [6.07, 6.45) is 0.723. The van der Waals surface area contributed by atoms with Crippen LogP contribution in [0, 0.1) is 17.1 Å². The Bertz CT molecular complexity index is 671. The average molecular weight is 281 g/mol. The summed E-state index contributed by atoms with van der Waals surface area (Å²) in [7, 11) is 0. The fraction of sp³-hybridized carbons (Fsp3) is 0.176. The fourth-order valence-electron chi connectivity index (χ4n) is 2.15. The zero-order chi connectivity index (χ0) is 15.2. The first-order valence-electron chi connectivity index (χ1n) is 6.61. The largest absolute Gasteiger partial charge is 0.326 e. The Morgan fingerprint density at radius 3 is 2.43 bits per heavy atom. The lowest BCUT2D eigenvalue weighted by Crippen LogP contribution is -2.25. The van der Waals surface area contributed by atoms with Crippen LogP contribution in [0.3, 0.4) is 0 Å². The van der Waals surface area contributed by atoms with E-state index in [-0.39, 0.29) is 11.6 Å². The molecule has 106 valence electrons. The Morgan fingerprint density at radius 2 is 1.86 bits per heavy atom. The molecular weight excluding hydrogens is 265 g/mol. The summed E-state index contributed by atoms with van der Waals surface area (Å²) in [4.78, 5) is 3.78. The Morgan fingerprint density at radius 1 is 1.19 bits per heavy atom. The Labute approximate surface area is 123 Å². The van der Waals surface area contributed by atoms with E-state index in [9.17, 15) is 4.39 Å². The van der Waals surface area contributed by atoms with Gasteiger partial charge in [-0.1, -0.05) is 30.3 Å². The first-order valence-corrected chi connectivity index (χ1v) is 6.61. The van der Waals surface area contributed by atoms with Crippen LogP contribution >= 0.6 is 0 Å². The monoisotopic (exact) mass is 281 g/mol. The first-order chi connectivity index (χ1) is 10.1. The fourth-order valence-corrected chi connectivity index (χ4v) is 2.15. The second kappa shape index (κ2) is 6.78. The SMILES string of the molecule is C=NC[C@@H](N)Cc1ccc(-c2ccc(C#N)c(F)c2)cc1. The van der Waals surface area contributed by atoms with Gasteiger partial charge in [-0.2, -0.15) is 5.26 Å². The summed E-state index contributed by atoms with van der Waals surface area (Å²) in [5.41, 5.74) is 8.70. The highest BCUT2D eigenvalue weighted by molar-refractivity contribution is 5.64. The number of rotatable bonds is 5. The van der Waals surface area contributed by atoms with Crippen LogP contribution in [0.25, 0.3) is 11.1 Å². The number of benzene rings is 2. The zero-order valence-corrected chi connectivity index (χ0v) is 11.6. The van der Waals surface area contributed by atoms with Crippen molar-refractivity contribution < 1.29 is 4.39 Å². The van der Waals surface area contributed by atoms with Crippen molar-refractivity contribution in [1.29, 1.82) is 5.26 Å². The molecule has 0 heterocycles. The van der Waals surface area contributed by atoms with E-state index in [0.29, 0.717) is 6.54 Å². The Hall–Kier alpha value is -2.51. The van der Waals surface area contributed by atoms with E-state index in [2.05, 4.69) is 11.7 Å². The summed E-state index contributed by atoms with van der Waals surface area (Å²) >= 11 is 0. The van der Waals surface area contributed by atoms with Crippen molar-refractivity contribution in [3.8, 4) is 17.2 Å². The summed E-state index contributed by atoms with van der Waals surface area (Å²) in [6.45, 7) is 3.96. The van der Waals surface area contributed by atoms with Crippen LogP contribution in [0.2, 0.25) is 0 Å². The third-order valence-corrected chi connectivity index (χ3v) is 3.24. The summed E-state index contributed by atoms with van der Waals surface area (Å²) in [6, 6.07) is 14.2. The minimum atomic E-state index is -0.502. The van der Waals surface area contributed by atoms with Crippen LogP contribution in [0.5, 0.6) is 0 Å². The van der Waals surface area contributed by atoms with Gasteiger partial charge in [0, 0.05) is 6.04 Å². The van der Waals surface area contributed by atoms with Gasteiger partial charge in [0.1, 0.15) is 11.9 Å². The number of halogens is 1. The standard InChI is InChI=1S/C17H16FN3/c1-21-11-16(20)8-12-2-4-13(5-3-12)14-6-7-15(10-19)17(18)9-14/h2-7,9,16H,1,8,11,20H2/t16-/m0/s1. The van der Waals surface area contributed by atoms with Crippen molar-refractivity contribution in [2.24, 2.45) is 10.7 Å². The van der Waals surface area contributed by atoms with Crippen molar-refractivity contribution in [1.82, 2.24) is 0 Å².